The summed E-state index contributed by atoms with van der Waals surface area (Å²) in [4.78, 5) is 39.5. The standard InChI is InChI=1S/C21H23N5O3S/c1-5-7-14-15(6-2)30-19-16(20(28)29)17(27)13-10-22-21(23-18(13)26(14)19)25(4)12-8-9-24(3)11-12/h5-7,10,12H,2,8-9,11H2,1,3-4H3,(H,28,29)/b7-5-. The van der Waals surface area contributed by atoms with E-state index in [1.165, 1.54) is 17.5 Å². The Kier molecular flexibility index (Phi) is 5.17. The molecular weight excluding hydrogens is 402 g/mol. The predicted octanol–water partition coefficient (Wildman–Crippen LogP) is 2.82. The van der Waals surface area contributed by atoms with Gasteiger partial charge in [0.05, 0.1) is 16.0 Å². The summed E-state index contributed by atoms with van der Waals surface area (Å²) in [7, 11) is 4.03. The van der Waals surface area contributed by atoms with E-state index in [2.05, 4.69) is 23.5 Å². The Morgan fingerprint density at radius 1 is 1.47 bits per heavy atom. The highest BCUT2D eigenvalue weighted by Gasteiger charge is 2.27. The summed E-state index contributed by atoms with van der Waals surface area (Å²) in [5.74, 6) is -0.754. The molecule has 30 heavy (non-hydrogen) atoms. The maximum Gasteiger partial charge on any atom is 0.342 e. The van der Waals surface area contributed by atoms with Crippen LogP contribution in [-0.2, 0) is 0 Å². The Hall–Kier alpha value is -3.04. The summed E-state index contributed by atoms with van der Waals surface area (Å²) < 4.78 is 1.74. The molecule has 1 unspecified atom stereocenters. The predicted molar refractivity (Wildman–Crippen MR) is 121 cm³/mol. The molecule has 8 nitrogen and oxygen atoms in total. The van der Waals surface area contributed by atoms with Gasteiger partial charge in [-0.15, -0.1) is 11.3 Å². The summed E-state index contributed by atoms with van der Waals surface area (Å²) in [5, 5.41) is 9.92. The zero-order valence-corrected chi connectivity index (χ0v) is 17.9. The number of hydrogen-bond donors (Lipinski definition) is 1. The quantitative estimate of drug-likeness (QED) is 0.672. The summed E-state index contributed by atoms with van der Waals surface area (Å²) in [5.41, 5.74) is 0.304. The summed E-state index contributed by atoms with van der Waals surface area (Å²) >= 11 is 1.22. The lowest BCUT2D eigenvalue weighted by atomic mass is 10.2. The summed E-state index contributed by atoms with van der Waals surface area (Å²) in [6.45, 7) is 7.64. The van der Waals surface area contributed by atoms with Gasteiger partial charge in [-0.2, -0.15) is 4.98 Å². The van der Waals surface area contributed by atoms with Gasteiger partial charge in [0.25, 0.3) is 0 Å². The van der Waals surface area contributed by atoms with Gasteiger partial charge < -0.3 is 14.9 Å². The number of fused-ring (bicyclic) bond motifs is 3. The number of aromatic carboxylic acids is 1. The number of carbonyl (C=O) groups is 1. The second kappa shape index (κ2) is 7.66. The van der Waals surface area contributed by atoms with Crippen molar-refractivity contribution in [3.8, 4) is 0 Å². The Morgan fingerprint density at radius 3 is 2.83 bits per heavy atom. The van der Waals surface area contributed by atoms with Crippen LogP contribution in [0, 0.1) is 0 Å². The van der Waals surface area contributed by atoms with E-state index >= 15 is 0 Å². The van der Waals surface area contributed by atoms with Crippen LogP contribution in [0.4, 0.5) is 5.95 Å². The SMILES string of the molecule is C=Cc1sc2c(C(=O)O)c(=O)c3cnc(N(C)C4CCN(C)C4)nc3n2c1/C=C\C. The van der Waals surface area contributed by atoms with Crippen molar-refractivity contribution in [1.82, 2.24) is 19.3 Å². The number of allylic oxidation sites excluding steroid dienone is 1. The molecular formula is C21H23N5O3S. The monoisotopic (exact) mass is 425 g/mol. The number of aromatic nitrogens is 3. The van der Waals surface area contributed by atoms with Crippen LogP contribution >= 0.6 is 11.3 Å². The van der Waals surface area contributed by atoms with Crippen LogP contribution in [0.25, 0.3) is 28.0 Å². The van der Waals surface area contributed by atoms with Crippen LogP contribution in [-0.4, -0.2) is 63.6 Å². The van der Waals surface area contributed by atoms with Gasteiger partial charge in [-0.25, -0.2) is 9.78 Å². The number of anilines is 1. The Bertz CT molecular complexity index is 1260. The molecule has 3 aromatic heterocycles. The second-order valence-corrected chi connectivity index (χ2v) is 8.46. The van der Waals surface area contributed by atoms with E-state index in [1.807, 2.05) is 31.0 Å². The van der Waals surface area contributed by atoms with E-state index in [0.717, 1.165) is 30.1 Å². The zero-order chi connectivity index (χ0) is 21.6. The molecule has 0 saturated carbocycles. The number of likely N-dealkylation sites (N-methyl/N-ethyl adjacent to an activating group) is 2. The normalized spacial score (nSPS) is 17.4. The third-order valence-corrected chi connectivity index (χ3v) is 6.69. The van der Waals surface area contributed by atoms with Crippen molar-refractivity contribution in [1.29, 1.82) is 0 Å². The number of thiazole rings is 1. The number of likely N-dealkylation sites (tertiary alicyclic amines) is 1. The molecule has 1 saturated heterocycles. The summed E-state index contributed by atoms with van der Waals surface area (Å²) in [6.07, 6.45) is 7.84. The molecule has 3 aromatic rings. The first-order chi connectivity index (χ1) is 14.4. The maximum absolute atomic E-state index is 13.0. The Morgan fingerprint density at radius 2 is 2.23 bits per heavy atom. The maximum atomic E-state index is 13.0. The first-order valence-electron chi connectivity index (χ1n) is 9.65. The average molecular weight is 426 g/mol. The molecule has 1 N–H and O–H groups in total. The first-order valence-corrected chi connectivity index (χ1v) is 10.5. The highest BCUT2D eigenvalue weighted by molar-refractivity contribution is 7.18. The fraction of sp³-hybridized carbons (Fsp3) is 0.333. The lowest BCUT2D eigenvalue weighted by Gasteiger charge is -2.24. The van der Waals surface area contributed by atoms with Crippen molar-refractivity contribution < 1.29 is 9.90 Å². The van der Waals surface area contributed by atoms with Crippen molar-refractivity contribution in [3.05, 3.63) is 45.2 Å². The number of pyridine rings is 1. The fourth-order valence-electron chi connectivity index (χ4n) is 3.93. The van der Waals surface area contributed by atoms with Gasteiger partial charge in [-0.05, 0) is 39.1 Å². The van der Waals surface area contributed by atoms with Crippen LogP contribution in [0.1, 0.15) is 34.3 Å². The number of carboxylic acid groups (broad SMARTS) is 1. The molecule has 0 spiro atoms. The number of carboxylic acids is 1. The van der Waals surface area contributed by atoms with Crippen LogP contribution in [0.15, 0.2) is 23.6 Å². The molecule has 1 aliphatic rings. The minimum atomic E-state index is -1.27. The average Bonchev–Trinajstić information content (AvgIpc) is 3.31. The van der Waals surface area contributed by atoms with E-state index in [1.54, 1.807) is 10.5 Å². The Balaban J connectivity index is 2.05. The number of rotatable bonds is 5. The van der Waals surface area contributed by atoms with Gasteiger partial charge in [0.15, 0.2) is 5.65 Å². The van der Waals surface area contributed by atoms with Crippen molar-refractivity contribution in [2.24, 2.45) is 0 Å². The van der Waals surface area contributed by atoms with Crippen molar-refractivity contribution in [3.63, 3.8) is 0 Å². The molecule has 1 aliphatic heterocycles. The number of hydrogen-bond acceptors (Lipinski definition) is 7. The van der Waals surface area contributed by atoms with E-state index in [0.29, 0.717) is 16.4 Å². The lowest BCUT2D eigenvalue weighted by Crippen LogP contribution is -2.35. The van der Waals surface area contributed by atoms with Crippen LogP contribution in [0.2, 0.25) is 0 Å². The second-order valence-electron chi connectivity index (χ2n) is 7.43. The van der Waals surface area contributed by atoms with Crippen LogP contribution < -0.4 is 10.3 Å². The van der Waals surface area contributed by atoms with Gasteiger partial charge in [0.2, 0.25) is 11.4 Å². The minimum absolute atomic E-state index is 0.185. The summed E-state index contributed by atoms with van der Waals surface area (Å²) in [6, 6.07) is 0.277. The molecule has 1 atom stereocenters. The van der Waals surface area contributed by atoms with E-state index in [4.69, 9.17) is 4.98 Å². The zero-order valence-electron chi connectivity index (χ0n) is 17.1. The largest absolute Gasteiger partial charge is 0.477 e. The number of nitrogens with zero attached hydrogens (tertiary/aromatic N) is 5. The molecule has 4 heterocycles. The van der Waals surface area contributed by atoms with E-state index in [9.17, 15) is 14.7 Å². The smallest absolute Gasteiger partial charge is 0.342 e. The van der Waals surface area contributed by atoms with Crippen LogP contribution in [0.3, 0.4) is 0 Å². The first kappa shape index (κ1) is 20.2. The molecule has 4 rings (SSSR count). The van der Waals surface area contributed by atoms with E-state index in [-0.39, 0.29) is 17.0 Å². The van der Waals surface area contributed by atoms with Gasteiger partial charge in [-0.3, -0.25) is 9.20 Å². The molecule has 9 heteroatoms. The molecule has 0 amide bonds. The molecule has 0 bridgehead atoms. The topological polar surface area (TPSA) is 91.0 Å². The van der Waals surface area contributed by atoms with Crippen molar-refractivity contribution in [2.45, 2.75) is 19.4 Å². The fourth-order valence-corrected chi connectivity index (χ4v) is 5.05. The van der Waals surface area contributed by atoms with Gasteiger partial charge in [0, 0.05) is 25.8 Å². The molecule has 0 aliphatic carbocycles. The third kappa shape index (κ3) is 3.10. The third-order valence-electron chi connectivity index (χ3n) is 5.51. The van der Waals surface area contributed by atoms with Gasteiger partial charge >= 0.3 is 5.97 Å². The van der Waals surface area contributed by atoms with E-state index < -0.39 is 11.4 Å². The van der Waals surface area contributed by atoms with Crippen molar-refractivity contribution in [2.75, 3.05) is 32.1 Å². The molecule has 1 fully saturated rings. The highest BCUT2D eigenvalue weighted by Crippen LogP contribution is 2.31. The lowest BCUT2D eigenvalue weighted by molar-refractivity contribution is 0.0697. The Labute approximate surface area is 177 Å². The molecule has 156 valence electrons. The van der Waals surface area contributed by atoms with Gasteiger partial charge in [-0.1, -0.05) is 12.7 Å². The minimum Gasteiger partial charge on any atom is -0.477 e. The van der Waals surface area contributed by atoms with Crippen molar-refractivity contribution >= 4 is 51.3 Å². The highest BCUT2D eigenvalue weighted by atomic mass is 32.1. The van der Waals surface area contributed by atoms with Crippen LogP contribution in [0.5, 0.6) is 0 Å². The molecule has 0 radical (unpaired) electrons. The molecule has 0 aromatic carbocycles. The van der Waals surface area contributed by atoms with Gasteiger partial charge in [0.1, 0.15) is 10.4 Å².